The van der Waals surface area contributed by atoms with E-state index >= 15 is 0 Å². The van der Waals surface area contributed by atoms with E-state index in [1.807, 2.05) is 13.0 Å². The molecule has 0 spiro atoms. The van der Waals surface area contributed by atoms with Crippen LogP contribution in [0.3, 0.4) is 0 Å². The van der Waals surface area contributed by atoms with Crippen LogP contribution in [-0.2, 0) is 14.4 Å². The SMILES string of the molecule is Cc1cccc(N2C(=O)NC(=O)/C(=C/c3cc(Br)ccc3OC(=O)/C=C/c3ccc(Cl)cc3)C2=O)c1. The molecular formula is C27H18BrClN2O5. The Labute approximate surface area is 220 Å². The van der Waals surface area contributed by atoms with E-state index in [1.54, 1.807) is 60.7 Å². The molecular weight excluding hydrogens is 548 g/mol. The lowest BCUT2D eigenvalue weighted by Crippen LogP contribution is -2.54. The average Bonchev–Trinajstić information content (AvgIpc) is 2.83. The maximum absolute atomic E-state index is 13.2. The number of urea groups is 1. The molecule has 0 unspecified atom stereocenters. The molecule has 9 heteroatoms. The summed E-state index contributed by atoms with van der Waals surface area (Å²) < 4.78 is 6.09. The van der Waals surface area contributed by atoms with Gasteiger partial charge in [0.05, 0.1) is 5.69 Å². The standard InChI is InChI=1S/C27H18BrClN2O5/c1-16-3-2-4-21(13-16)31-26(34)22(25(33)30-27(31)35)15-18-14-19(28)8-11-23(18)36-24(32)12-7-17-5-9-20(29)10-6-17/h2-15H,1H3,(H,30,33,35)/b12-7+,22-15-. The summed E-state index contributed by atoms with van der Waals surface area (Å²) in [6.07, 6.45) is 4.10. The number of nitrogens with zero attached hydrogens (tertiary/aromatic N) is 1. The van der Waals surface area contributed by atoms with E-state index in [2.05, 4.69) is 21.2 Å². The number of carbonyl (C=O) groups is 4. The summed E-state index contributed by atoms with van der Waals surface area (Å²) in [6.45, 7) is 1.82. The number of nitrogens with one attached hydrogen (secondary N) is 1. The molecule has 4 amide bonds. The Kier molecular flexibility index (Phi) is 7.47. The van der Waals surface area contributed by atoms with Crippen LogP contribution in [0.15, 0.2) is 82.9 Å². The number of carbonyl (C=O) groups excluding carboxylic acids is 4. The number of imide groups is 2. The number of hydrogen-bond acceptors (Lipinski definition) is 5. The molecule has 0 aromatic heterocycles. The second kappa shape index (κ2) is 10.7. The number of ether oxygens (including phenoxy) is 1. The van der Waals surface area contributed by atoms with E-state index in [0.717, 1.165) is 16.0 Å². The maximum Gasteiger partial charge on any atom is 0.336 e. The third-order valence-corrected chi connectivity index (χ3v) is 5.87. The van der Waals surface area contributed by atoms with Gasteiger partial charge in [-0.05, 0) is 72.7 Å². The fourth-order valence-electron chi connectivity index (χ4n) is 3.42. The van der Waals surface area contributed by atoms with E-state index in [0.29, 0.717) is 15.2 Å². The molecule has 1 saturated heterocycles. The Balaban J connectivity index is 1.63. The molecule has 1 N–H and O–H groups in total. The van der Waals surface area contributed by atoms with Gasteiger partial charge >= 0.3 is 12.0 Å². The van der Waals surface area contributed by atoms with E-state index in [4.69, 9.17) is 16.3 Å². The number of hydrogen-bond donors (Lipinski definition) is 1. The van der Waals surface area contributed by atoms with Gasteiger partial charge in [-0.3, -0.25) is 14.9 Å². The van der Waals surface area contributed by atoms with Gasteiger partial charge in [-0.2, -0.15) is 0 Å². The Morgan fingerprint density at radius 1 is 1.03 bits per heavy atom. The van der Waals surface area contributed by atoms with Crippen LogP contribution in [0.2, 0.25) is 5.02 Å². The summed E-state index contributed by atoms with van der Waals surface area (Å²) in [6, 6.07) is 17.6. The van der Waals surface area contributed by atoms with E-state index < -0.39 is 23.8 Å². The summed E-state index contributed by atoms with van der Waals surface area (Å²) in [5.41, 5.74) is 1.91. The van der Waals surface area contributed by atoms with Gasteiger partial charge in [0.2, 0.25) is 0 Å². The molecule has 0 radical (unpaired) electrons. The lowest BCUT2D eigenvalue weighted by molar-refractivity contribution is -0.129. The van der Waals surface area contributed by atoms with Crippen molar-refractivity contribution in [3.05, 3.63) is 105 Å². The molecule has 0 bridgehead atoms. The molecule has 1 aliphatic heterocycles. The number of amides is 4. The smallest absolute Gasteiger partial charge is 0.336 e. The molecule has 1 fully saturated rings. The normalized spacial score (nSPS) is 14.9. The third-order valence-electron chi connectivity index (χ3n) is 5.13. The van der Waals surface area contributed by atoms with Crippen molar-refractivity contribution in [2.24, 2.45) is 0 Å². The minimum atomic E-state index is -0.853. The first kappa shape index (κ1) is 25.1. The van der Waals surface area contributed by atoms with Crippen LogP contribution in [0, 0.1) is 6.92 Å². The van der Waals surface area contributed by atoms with Crippen LogP contribution in [0.5, 0.6) is 5.75 Å². The fourth-order valence-corrected chi connectivity index (χ4v) is 3.92. The van der Waals surface area contributed by atoms with Gasteiger partial charge in [0, 0.05) is 21.1 Å². The molecule has 3 aromatic rings. The Morgan fingerprint density at radius 3 is 2.50 bits per heavy atom. The maximum atomic E-state index is 13.2. The number of aryl methyl sites for hydroxylation is 1. The predicted octanol–water partition coefficient (Wildman–Crippen LogP) is 5.70. The molecule has 0 aliphatic carbocycles. The molecule has 4 rings (SSSR count). The van der Waals surface area contributed by atoms with Gasteiger partial charge in [-0.1, -0.05) is 51.8 Å². The molecule has 3 aromatic carbocycles. The van der Waals surface area contributed by atoms with Crippen LogP contribution in [-0.4, -0.2) is 23.8 Å². The van der Waals surface area contributed by atoms with Crippen LogP contribution in [0.4, 0.5) is 10.5 Å². The van der Waals surface area contributed by atoms with Crippen LogP contribution < -0.4 is 15.0 Å². The third kappa shape index (κ3) is 5.79. The van der Waals surface area contributed by atoms with Gasteiger partial charge in [-0.15, -0.1) is 0 Å². The zero-order chi connectivity index (χ0) is 25.8. The van der Waals surface area contributed by atoms with Crippen LogP contribution in [0.25, 0.3) is 12.2 Å². The highest BCUT2D eigenvalue weighted by atomic mass is 79.9. The van der Waals surface area contributed by atoms with Crippen molar-refractivity contribution < 1.29 is 23.9 Å². The molecule has 1 aliphatic rings. The second-order valence-corrected chi connectivity index (χ2v) is 9.14. The topological polar surface area (TPSA) is 92.8 Å². The van der Waals surface area contributed by atoms with E-state index in [1.165, 1.54) is 18.2 Å². The molecule has 0 atom stereocenters. The quantitative estimate of drug-likeness (QED) is 0.186. The van der Waals surface area contributed by atoms with Crippen molar-refractivity contribution in [1.82, 2.24) is 5.32 Å². The summed E-state index contributed by atoms with van der Waals surface area (Å²) in [5.74, 6) is -2.19. The lowest BCUT2D eigenvalue weighted by atomic mass is 10.1. The first-order chi connectivity index (χ1) is 17.2. The molecule has 36 heavy (non-hydrogen) atoms. The second-order valence-electron chi connectivity index (χ2n) is 7.78. The van der Waals surface area contributed by atoms with Gasteiger partial charge in [-0.25, -0.2) is 14.5 Å². The largest absolute Gasteiger partial charge is 0.423 e. The Morgan fingerprint density at radius 2 is 1.78 bits per heavy atom. The molecule has 0 saturated carbocycles. The minimum absolute atomic E-state index is 0.121. The molecule has 1 heterocycles. The zero-order valence-corrected chi connectivity index (χ0v) is 21.2. The Hall–Kier alpha value is -4.01. The zero-order valence-electron chi connectivity index (χ0n) is 18.8. The average molecular weight is 566 g/mol. The van der Waals surface area contributed by atoms with Crippen molar-refractivity contribution in [1.29, 1.82) is 0 Å². The number of anilines is 1. The highest BCUT2D eigenvalue weighted by Gasteiger charge is 2.37. The lowest BCUT2D eigenvalue weighted by Gasteiger charge is -2.26. The summed E-state index contributed by atoms with van der Waals surface area (Å²) in [5, 5.41) is 2.76. The van der Waals surface area contributed by atoms with Crippen molar-refractivity contribution >= 4 is 69.2 Å². The van der Waals surface area contributed by atoms with E-state index in [-0.39, 0.29) is 16.9 Å². The number of halogens is 2. The van der Waals surface area contributed by atoms with Gasteiger partial charge in [0.15, 0.2) is 0 Å². The monoisotopic (exact) mass is 564 g/mol. The summed E-state index contributed by atoms with van der Waals surface area (Å²) in [4.78, 5) is 51.6. The van der Waals surface area contributed by atoms with Gasteiger partial charge in [0.1, 0.15) is 11.3 Å². The number of barbiturate groups is 1. The van der Waals surface area contributed by atoms with Crippen LogP contribution in [0.1, 0.15) is 16.7 Å². The number of esters is 1. The molecule has 7 nitrogen and oxygen atoms in total. The van der Waals surface area contributed by atoms with Gasteiger partial charge < -0.3 is 4.74 Å². The Bertz CT molecular complexity index is 1450. The first-order valence-electron chi connectivity index (χ1n) is 10.6. The van der Waals surface area contributed by atoms with Gasteiger partial charge in [0.25, 0.3) is 11.8 Å². The van der Waals surface area contributed by atoms with E-state index in [9.17, 15) is 19.2 Å². The van der Waals surface area contributed by atoms with Crippen molar-refractivity contribution in [2.45, 2.75) is 6.92 Å². The minimum Gasteiger partial charge on any atom is -0.423 e. The summed E-state index contributed by atoms with van der Waals surface area (Å²) in [7, 11) is 0. The number of rotatable bonds is 5. The fraction of sp³-hybridized carbons (Fsp3) is 0.0370. The first-order valence-corrected chi connectivity index (χ1v) is 11.8. The van der Waals surface area contributed by atoms with Crippen molar-refractivity contribution in [2.75, 3.05) is 4.90 Å². The van der Waals surface area contributed by atoms with Crippen molar-refractivity contribution in [3.8, 4) is 5.75 Å². The van der Waals surface area contributed by atoms with Crippen LogP contribution >= 0.6 is 27.5 Å². The summed E-state index contributed by atoms with van der Waals surface area (Å²) >= 11 is 9.22. The predicted molar refractivity (Wildman–Crippen MR) is 140 cm³/mol. The van der Waals surface area contributed by atoms with Crippen molar-refractivity contribution in [3.63, 3.8) is 0 Å². The highest BCUT2D eigenvalue weighted by molar-refractivity contribution is 9.10. The number of benzene rings is 3. The molecule has 180 valence electrons. The highest BCUT2D eigenvalue weighted by Crippen LogP contribution is 2.28.